The van der Waals surface area contributed by atoms with E-state index in [4.69, 9.17) is 28.4 Å². The largest absolute Gasteiger partial charge is 0.394 e. The van der Waals surface area contributed by atoms with Gasteiger partial charge in [0, 0.05) is 107 Å². The fourth-order valence-corrected chi connectivity index (χ4v) is 11.7. The Morgan fingerprint density at radius 1 is 0.464 bits per heavy atom. The quantitative estimate of drug-likeness (QED) is 0.0303. The molecule has 562 valence electrons. The molecule has 31 nitrogen and oxygen atoms in total. The van der Waals surface area contributed by atoms with E-state index in [0.717, 1.165) is 18.8 Å². The van der Waals surface area contributed by atoms with Gasteiger partial charge in [-0.1, -0.05) is 54.9 Å². The van der Waals surface area contributed by atoms with Gasteiger partial charge < -0.3 is 116 Å². The molecule has 4 heterocycles. The van der Waals surface area contributed by atoms with Crippen LogP contribution in [0, 0.1) is 23.7 Å². The Hall–Kier alpha value is -4.68. The van der Waals surface area contributed by atoms with E-state index in [1.807, 2.05) is 6.92 Å². The molecule has 4 fully saturated rings. The summed E-state index contributed by atoms with van der Waals surface area (Å²) < 4.78 is 33.5. The lowest BCUT2D eigenvalue weighted by molar-refractivity contribution is -0.282. The van der Waals surface area contributed by atoms with Crippen LogP contribution in [0.5, 0.6) is 0 Å². The minimum atomic E-state index is -1.30. The maximum Gasteiger partial charge on any atom is 0.222 e. The van der Waals surface area contributed by atoms with Gasteiger partial charge in [-0.15, -0.1) is 0 Å². The van der Waals surface area contributed by atoms with Crippen molar-refractivity contribution in [3.05, 3.63) is 0 Å². The highest BCUT2D eigenvalue weighted by Crippen LogP contribution is 2.31. The molecular weight excluding hydrogens is 1270 g/mol. The Kier molecular flexibility index (Phi) is 41.7. The maximum absolute atomic E-state index is 14.1. The van der Waals surface area contributed by atoms with E-state index in [1.54, 1.807) is 25.7 Å². The van der Waals surface area contributed by atoms with Gasteiger partial charge in [0.25, 0.3) is 0 Å². The second-order valence-electron chi connectivity index (χ2n) is 26.8. The number of unbranched alkanes of at least 4 members (excludes halogenated alkanes) is 1. The second-order valence-corrected chi connectivity index (χ2v) is 26.8. The normalized spacial score (nSPS) is 28.6. The molecule has 97 heavy (non-hydrogen) atoms. The second kappa shape index (κ2) is 46.7. The number of amides is 7. The summed E-state index contributed by atoms with van der Waals surface area (Å²) in [4.78, 5) is 108. The Morgan fingerprint density at radius 3 is 1.20 bits per heavy atom. The Morgan fingerprint density at radius 2 is 0.825 bits per heavy atom. The average molecular weight is 1390 g/mol. The molecule has 4 rings (SSSR count). The van der Waals surface area contributed by atoms with Gasteiger partial charge in [0.1, 0.15) is 42.4 Å². The first-order valence-corrected chi connectivity index (χ1v) is 35.0. The van der Waals surface area contributed by atoms with Gasteiger partial charge >= 0.3 is 0 Å². The van der Waals surface area contributed by atoms with Crippen LogP contribution in [0.4, 0.5) is 0 Å². The molecular formula is C66H119N7O24. The number of Topliss-reactive ketones (excluding diaryl/α,β-unsaturated/α-hetero) is 1. The van der Waals surface area contributed by atoms with E-state index in [1.165, 1.54) is 0 Å². The number of rotatable bonds is 44. The summed E-state index contributed by atoms with van der Waals surface area (Å²) in [5.41, 5.74) is -1.30. The zero-order valence-corrected chi connectivity index (χ0v) is 58.2. The Labute approximate surface area is 570 Å². The van der Waals surface area contributed by atoms with Gasteiger partial charge in [-0.3, -0.25) is 38.4 Å². The van der Waals surface area contributed by atoms with Gasteiger partial charge in [-0.05, 0) is 70.1 Å². The van der Waals surface area contributed by atoms with Crippen LogP contribution in [0.25, 0.3) is 0 Å². The molecule has 0 spiro atoms. The summed E-state index contributed by atoms with van der Waals surface area (Å²) in [5, 5.41) is 117. The smallest absolute Gasteiger partial charge is 0.222 e. The third-order valence-electron chi connectivity index (χ3n) is 17.7. The molecule has 4 aliphatic heterocycles. The molecule has 0 aliphatic carbocycles. The number of hydrogen-bond acceptors (Lipinski definition) is 24. The molecule has 6 unspecified atom stereocenters. The monoisotopic (exact) mass is 1390 g/mol. The third kappa shape index (κ3) is 31.8. The highest BCUT2D eigenvalue weighted by molar-refractivity contribution is 5.82. The van der Waals surface area contributed by atoms with Gasteiger partial charge in [0.15, 0.2) is 18.9 Å². The Bertz CT molecular complexity index is 2130. The van der Waals surface area contributed by atoms with Crippen LogP contribution in [0.1, 0.15) is 177 Å². The summed E-state index contributed by atoms with van der Waals surface area (Å²) >= 11 is 0. The van der Waals surface area contributed by atoms with Crippen LogP contribution >= 0.6 is 0 Å². The lowest BCUT2D eigenvalue weighted by Crippen LogP contribution is -2.55. The average Bonchev–Trinajstić information content (AvgIpc) is 1.15. The molecule has 31 heteroatoms. The molecule has 17 atom stereocenters. The van der Waals surface area contributed by atoms with Crippen LogP contribution in [0.3, 0.4) is 0 Å². The molecule has 7 amide bonds. The van der Waals surface area contributed by atoms with Crippen LogP contribution in [0.15, 0.2) is 0 Å². The van der Waals surface area contributed by atoms with Gasteiger partial charge in [0.05, 0.1) is 83.3 Å². The summed E-state index contributed by atoms with van der Waals surface area (Å²) in [6.07, 6.45) is -11.1. The van der Waals surface area contributed by atoms with Gasteiger partial charge in [-0.25, -0.2) is 0 Å². The number of carbonyl (C=O) groups is 8. The predicted molar refractivity (Wildman–Crippen MR) is 350 cm³/mol. The minimum Gasteiger partial charge on any atom is -0.394 e. The number of nitrogens with zero attached hydrogens (tertiary/aromatic N) is 1. The topological polar surface area (TPSA) is 470 Å². The summed E-state index contributed by atoms with van der Waals surface area (Å²) in [5.74, 6) is -3.84. The first kappa shape index (κ1) is 86.5. The number of hydrogen-bond donors (Lipinski definition) is 16. The molecule has 16 N–H and O–H groups in total. The number of aliphatic hydroxyl groups excluding tert-OH is 10. The molecule has 0 aromatic rings. The van der Waals surface area contributed by atoms with Crippen LogP contribution in [-0.4, -0.2) is 273 Å². The molecule has 0 radical (unpaired) electrons. The third-order valence-corrected chi connectivity index (χ3v) is 17.7. The van der Waals surface area contributed by atoms with E-state index in [2.05, 4.69) is 52.7 Å². The number of ether oxygens (including phenoxy) is 6. The first-order chi connectivity index (χ1) is 46.1. The van der Waals surface area contributed by atoms with Crippen molar-refractivity contribution in [2.75, 3.05) is 78.9 Å². The van der Waals surface area contributed by atoms with E-state index in [0.29, 0.717) is 32.1 Å². The van der Waals surface area contributed by atoms with E-state index in [-0.39, 0.29) is 178 Å². The number of aliphatic hydroxyl groups is 10. The lowest BCUT2D eigenvalue weighted by atomic mass is 9.82. The highest BCUT2D eigenvalue weighted by atomic mass is 16.7. The number of β-amino-alcohol motifs (C(OH)–C–C–N with tert-alkyl or cyclic N) is 1. The van der Waals surface area contributed by atoms with Crippen molar-refractivity contribution in [3.63, 3.8) is 0 Å². The van der Waals surface area contributed by atoms with E-state index in [9.17, 15) is 89.4 Å². The van der Waals surface area contributed by atoms with Crippen molar-refractivity contribution < 1.29 is 118 Å². The van der Waals surface area contributed by atoms with Crippen LogP contribution < -0.4 is 31.9 Å². The van der Waals surface area contributed by atoms with Crippen molar-refractivity contribution in [2.45, 2.75) is 268 Å². The summed E-state index contributed by atoms with van der Waals surface area (Å²) in [7, 11) is 0. The molecule has 4 aliphatic rings. The SMILES string of the molecule is CC(C)C.CCC[C@@H]1C[C@@H](O)CN1C(=O)CCCC(=O)NC(CCC(=O)CCCCNC(=O)CCO[C@@H]1OC(CO)[C@H](O)[C@H](O)C1C)(CCC(=O)NCCCNC(=O)CCO[C@@H]1OC(CO)[C@H](O)[C@H](O)C1C)CCC(=O)NCCCNC(=O)CCO[C@@H]1OC(CO)[C@H](O)[C@H](O)C1C. The molecule has 0 saturated carbocycles. The predicted octanol–water partition coefficient (Wildman–Crippen LogP) is -1.68. The highest BCUT2D eigenvalue weighted by Gasteiger charge is 2.45. The van der Waals surface area contributed by atoms with Crippen molar-refractivity contribution in [1.29, 1.82) is 0 Å². The van der Waals surface area contributed by atoms with Crippen molar-refractivity contribution in [1.82, 2.24) is 36.8 Å². The first-order valence-electron chi connectivity index (χ1n) is 35.0. The summed E-state index contributed by atoms with van der Waals surface area (Å²) in [6, 6.07) is -0.111. The van der Waals surface area contributed by atoms with Crippen molar-refractivity contribution in [2.24, 2.45) is 23.7 Å². The zero-order chi connectivity index (χ0) is 72.2. The van der Waals surface area contributed by atoms with Crippen LogP contribution in [0.2, 0.25) is 0 Å². The number of carbonyl (C=O) groups excluding carboxylic acids is 8. The summed E-state index contributed by atoms with van der Waals surface area (Å²) in [6.45, 7) is 12.5. The van der Waals surface area contributed by atoms with Gasteiger partial charge in [0.2, 0.25) is 41.4 Å². The molecule has 4 saturated heterocycles. The number of likely N-dealkylation sites (tertiary alicyclic amines) is 1. The van der Waals surface area contributed by atoms with Crippen LogP contribution in [-0.2, 0) is 66.8 Å². The number of nitrogens with one attached hydrogen (secondary N) is 6. The fraction of sp³-hybridized carbons (Fsp3) is 0.879. The fourth-order valence-electron chi connectivity index (χ4n) is 11.7. The molecule has 0 aromatic heterocycles. The van der Waals surface area contributed by atoms with Crippen molar-refractivity contribution >= 4 is 47.1 Å². The van der Waals surface area contributed by atoms with Crippen molar-refractivity contribution in [3.8, 4) is 0 Å². The van der Waals surface area contributed by atoms with Gasteiger partial charge in [-0.2, -0.15) is 0 Å². The lowest BCUT2D eigenvalue weighted by Gasteiger charge is -2.40. The molecule has 0 aromatic carbocycles. The zero-order valence-electron chi connectivity index (χ0n) is 58.2. The maximum atomic E-state index is 14.1. The van der Waals surface area contributed by atoms with E-state index < -0.39 is 141 Å². The Balaban J connectivity index is 0.00000595. The minimum absolute atomic E-state index is 0.0122. The standard InChI is InChI=1S/C62H109N7O24.C4H10/c1-5-11-40-32-42(74)33-69(40)52(81)14-8-13-51(80)68-62(21-15-41(73)12-6-7-24-63-48(77)18-29-88-59-37(2)53(82)56(85)43(34-70)91-59,22-16-46(75)64-25-9-27-66-49(78)19-30-89-60-38(3)54(83)57(86)44(35-71)92-60)23-17-47(76)65-26-10-28-67-50(79)20-31-90-61-39(4)55(84)58(87)45(36-72)93-61;1-4(2)3/h37-40,42-45,53-61,70-72,74,82-87H,5-36H2,1-4H3,(H,63,77)(H,64,75)(H,65,76)(H,66,78)(H,67,79)(H,68,80);4H,1-3H3/t37?,38?,39?,40-,42-,43?,44?,45?,53-,54-,55-,56+,57+,58+,59-,60-,61-,62?;/m1./s1. The number of ketones is 1. The molecule has 0 bridgehead atoms. The van der Waals surface area contributed by atoms with E-state index >= 15 is 0 Å².